The van der Waals surface area contributed by atoms with Crippen LogP contribution in [0.1, 0.15) is 88.3 Å². The highest BCUT2D eigenvalue weighted by Gasteiger charge is 2.21. The van der Waals surface area contributed by atoms with Crippen LogP contribution >= 0.6 is 11.6 Å². The molecule has 0 aliphatic rings. The number of hydrogen-bond acceptors (Lipinski definition) is 3. The Morgan fingerprint density at radius 3 is 2.12 bits per heavy atom. The molecule has 0 fully saturated rings. The third-order valence-corrected chi connectivity index (χ3v) is 7.50. The molecule has 33 heavy (non-hydrogen) atoms. The van der Waals surface area contributed by atoms with Gasteiger partial charge in [0.05, 0.1) is 4.90 Å². The predicted octanol–water partition coefficient (Wildman–Crippen LogP) is 6.91. The predicted molar refractivity (Wildman–Crippen MR) is 134 cm³/mol. The number of hydrogen-bond donors (Lipinski definition) is 2. The molecular weight excluding hydrogens is 458 g/mol. The molecule has 5 nitrogen and oxygen atoms in total. The van der Waals surface area contributed by atoms with Crippen LogP contribution in [0.15, 0.2) is 53.4 Å². The smallest absolute Gasteiger partial charge is 0.303 e. The molecule has 2 N–H and O–H groups in total. The molecule has 2 aromatic rings. The molecule has 0 saturated carbocycles. The van der Waals surface area contributed by atoms with Crippen LogP contribution in [0.3, 0.4) is 0 Å². The van der Waals surface area contributed by atoms with Crippen LogP contribution in [0.25, 0.3) is 0 Å². The summed E-state index contributed by atoms with van der Waals surface area (Å²) in [5.74, 6) is -0.794. The fourth-order valence-corrected chi connectivity index (χ4v) is 5.21. The highest BCUT2D eigenvalue weighted by Crippen LogP contribution is 2.25. The van der Waals surface area contributed by atoms with Gasteiger partial charge in [0.2, 0.25) is 10.0 Å². The van der Waals surface area contributed by atoms with E-state index in [4.69, 9.17) is 16.7 Å². The maximum absolute atomic E-state index is 13.0. The first-order valence-electron chi connectivity index (χ1n) is 11.9. The summed E-state index contributed by atoms with van der Waals surface area (Å²) in [7, 11) is -3.69. The molecule has 1 unspecified atom stereocenters. The van der Waals surface area contributed by atoms with Gasteiger partial charge in [0.15, 0.2) is 0 Å². The van der Waals surface area contributed by atoms with Crippen LogP contribution in [-0.2, 0) is 21.2 Å². The fourth-order valence-electron chi connectivity index (χ4n) is 3.83. The van der Waals surface area contributed by atoms with E-state index in [1.165, 1.54) is 44.2 Å². The Balaban J connectivity index is 2.06. The normalized spacial score (nSPS) is 12.5. The second kappa shape index (κ2) is 14.4. The molecule has 0 aliphatic carbocycles. The van der Waals surface area contributed by atoms with E-state index in [0.717, 1.165) is 30.4 Å². The second-order valence-corrected chi connectivity index (χ2v) is 10.7. The van der Waals surface area contributed by atoms with Crippen LogP contribution in [0.4, 0.5) is 0 Å². The maximum atomic E-state index is 13.0. The Morgan fingerprint density at radius 2 is 1.52 bits per heavy atom. The number of sulfonamides is 1. The van der Waals surface area contributed by atoms with Crippen molar-refractivity contribution in [3.63, 3.8) is 0 Å². The van der Waals surface area contributed by atoms with E-state index in [1.807, 2.05) is 24.3 Å². The number of unbranched alkanes of at least 4 members (excludes halogenated alkanes) is 6. The Labute approximate surface area is 203 Å². The molecule has 182 valence electrons. The molecular formula is C26H36ClNO4S. The molecule has 0 bridgehead atoms. The lowest BCUT2D eigenvalue weighted by Gasteiger charge is -2.20. The molecule has 7 heteroatoms. The largest absolute Gasteiger partial charge is 0.481 e. The van der Waals surface area contributed by atoms with Crippen molar-refractivity contribution < 1.29 is 18.3 Å². The van der Waals surface area contributed by atoms with E-state index in [0.29, 0.717) is 17.9 Å². The first-order valence-corrected chi connectivity index (χ1v) is 13.8. The Morgan fingerprint density at radius 1 is 0.909 bits per heavy atom. The lowest BCUT2D eigenvalue weighted by Crippen LogP contribution is -2.28. The minimum atomic E-state index is -3.69. The monoisotopic (exact) mass is 493 g/mol. The van der Waals surface area contributed by atoms with Crippen molar-refractivity contribution in [2.24, 2.45) is 0 Å². The molecule has 2 aromatic carbocycles. The van der Waals surface area contributed by atoms with E-state index in [2.05, 4.69) is 11.6 Å². The van der Waals surface area contributed by atoms with Crippen molar-refractivity contribution in [3.05, 3.63) is 64.7 Å². The van der Waals surface area contributed by atoms with Gasteiger partial charge in [-0.1, -0.05) is 87.7 Å². The van der Waals surface area contributed by atoms with Crippen LogP contribution < -0.4 is 4.72 Å². The molecule has 0 heterocycles. The van der Waals surface area contributed by atoms with E-state index in [9.17, 15) is 13.2 Å². The van der Waals surface area contributed by atoms with Crippen molar-refractivity contribution in [1.29, 1.82) is 0 Å². The molecule has 0 radical (unpaired) electrons. The van der Waals surface area contributed by atoms with Crippen LogP contribution in [0, 0.1) is 0 Å². The molecule has 2 rings (SSSR count). The van der Waals surface area contributed by atoms with Gasteiger partial charge in [-0.3, -0.25) is 4.79 Å². The third kappa shape index (κ3) is 10.3. The standard InChI is InChI=1S/C26H36ClNO4S/c1-2-3-4-5-6-7-8-11-25(28-33(31,32)24-19-17-23(27)18-20-24)22-15-13-21(14-16-22)10-9-12-26(29)30/h13-20,25,28H,2-12H2,1H3,(H,29,30). The lowest BCUT2D eigenvalue weighted by atomic mass is 9.98. The van der Waals surface area contributed by atoms with Crippen molar-refractivity contribution in [2.45, 2.75) is 88.5 Å². The second-order valence-electron chi connectivity index (χ2n) is 8.53. The first kappa shape index (κ1) is 27.4. The summed E-state index contributed by atoms with van der Waals surface area (Å²) in [5.41, 5.74) is 1.97. The van der Waals surface area contributed by atoms with Crippen LogP contribution in [0.2, 0.25) is 5.02 Å². The van der Waals surface area contributed by atoms with Gasteiger partial charge in [0, 0.05) is 17.5 Å². The minimum absolute atomic E-state index is 0.142. The number of benzene rings is 2. The van der Waals surface area contributed by atoms with Crippen molar-refractivity contribution >= 4 is 27.6 Å². The first-order chi connectivity index (χ1) is 15.8. The molecule has 1 atom stereocenters. The number of aliphatic carboxylic acids is 1. The fraction of sp³-hybridized carbons (Fsp3) is 0.500. The summed E-state index contributed by atoms with van der Waals surface area (Å²) in [5, 5.41) is 9.31. The summed E-state index contributed by atoms with van der Waals surface area (Å²) < 4.78 is 28.9. The van der Waals surface area contributed by atoms with Crippen molar-refractivity contribution in [2.75, 3.05) is 0 Å². The van der Waals surface area contributed by atoms with Crippen LogP contribution in [0.5, 0.6) is 0 Å². The Hall–Kier alpha value is -1.89. The zero-order valence-electron chi connectivity index (χ0n) is 19.4. The molecule has 0 spiro atoms. The van der Waals surface area contributed by atoms with Gasteiger partial charge in [0.25, 0.3) is 0 Å². The van der Waals surface area contributed by atoms with Gasteiger partial charge >= 0.3 is 5.97 Å². The molecule has 0 aromatic heterocycles. The van der Waals surface area contributed by atoms with E-state index < -0.39 is 16.0 Å². The topological polar surface area (TPSA) is 83.5 Å². The highest BCUT2D eigenvalue weighted by atomic mass is 35.5. The minimum Gasteiger partial charge on any atom is -0.481 e. The summed E-state index contributed by atoms with van der Waals surface area (Å²) in [4.78, 5) is 10.9. The average Bonchev–Trinajstić information content (AvgIpc) is 2.78. The number of rotatable bonds is 16. The van der Waals surface area contributed by atoms with Gasteiger partial charge in [0.1, 0.15) is 0 Å². The summed E-state index contributed by atoms with van der Waals surface area (Å²) >= 11 is 5.91. The lowest BCUT2D eigenvalue weighted by molar-refractivity contribution is -0.137. The number of carbonyl (C=O) groups is 1. The van der Waals surface area contributed by atoms with Gasteiger partial charge in [-0.25, -0.2) is 13.1 Å². The van der Waals surface area contributed by atoms with Gasteiger partial charge in [-0.05, 0) is 54.7 Å². The number of carboxylic acid groups (broad SMARTS) is 1. The van der Waals surface area contributed by atoms with Crippen molar-refractivity contribution in [1.82, 2.24) is 4.72 Å². The Bertz CT molecular complexity index is 943. The number of carboxylic acids is 1. The van der Waals surface area contributed by atoms with E-state index >= 15 is 0 Å². The summed E-state index contributed by atoms with van der Waals surface area (Å²) in [6, 6.07) is 13.7. The average molecular weight is 494 g/mol. The zero-order valence-corrected chi connectivity index (χ0v) is 21.0. The maximum Gasteiger partial charge on any atom is 0.303 e. The number of aryl methyl sites for hydroxylation is 1. The van der Waals surface area contributed by atoms with E-state index in [1.54, 1.807) is 12.1 Å². The summed E-state index contributed by atoms with van der Waals surface area (Å²) in [6.07, 6.45) is 10.3. The number of halogens is 1. The van der Waals surface area contributed by atoms with Gasteiger partial charge in [-0.15, -0.1) is 0 Å². The van der Waals surface area contributed by atoms with Gasteiger partial charge in [-0.2, -0.15) is 0 Å². The summed E-state index contributed by atoms with van der Waals surface area (Å²) in [6.45, 7) is 2.20. The molecule has 0 saturated heterocycles. The third-order valence-electron chi connectivity index (χ3n) is 5.76. The van der Waals surface area contributed by atoms with Crippen LogP contribution in [-0.4, -0.2) is 19.5 Å². The van der Waals surface area contributed by atoms with Crippen molar-refractivity contribution in [3.8, 4) is 0 Å². The quantitative estimate of drug-likeness (QED) is 0.249. The Kier molecular flexibility index (Phi) is 11.9. The van der Waals surface area contributed by atoms with E-state index in [-0.39, 0.29) is 17.4 Å². The zero-order chi connectivity index (χ0) is 24.1. The molecule has 0 amide bonds. The SMILES string of the molecule is CCCCCCCCCC(NS(=O)(=O)c1ccc(Cl)cc1)c1ccc(CCCC(=O)O)cc1. The number of nitrogens with one attached hydrogen (secondary N) is 1. The highest BCUT2D eigenvalue weighted by molar-refractivity contribution is 7.89. The van der Waals surface area contributed by atoms with Gasteiger partial charge < -0.3 is 5.11 Å². The molecule has 0 aliphatic heterocycles.